The quantitative estimate of drug-likeness (QED) is 0.291. The predicted molar refractivity (Wildman–Crippen MR) is 159 cm³/mol. The highest BCUT2D eigenvalue weighted by Gasteiger charge is 2.54. The number of hydrogen-bond donors (Lipinski definition) is 0. The molecule has 2 saturated heterocycles. The Morgan fingerprint density at radius 3 is 2.28 bits per heavy atom. The molecule has 2 aliphatic heterocycles. The van der Waals surface area contributed by atoms with E-state index in [9.17, 15) is 12.8 Å². The van der Waals surface area contributed by atoms with Gasteiger partial charge in [-0.05, 0) is 79.6 Å². The number of ether oxygens (including phenoxy) is 1. The van der Waals surface area contributed by atoms with E-state index in [1.165, 1.54) is 19.2 Å². The fourth-order valence-electron chi connectivity index (χ4n) is 7.07. The zero-order valence-corrected chi connectivity index (χ0v) is 25.5. The van der Waals surface area contributed by atoms with Crippen molar-refractivity contribution < 1.29 is 26.3 Å². The molecule has 1 spiro atoms. The number of benzene rings is 2. The summed E-state index contributed by atoms with van der Waals surface area (Å²) in [5, 5.41) is 0. The van der Waals surface area contributed by atoms with Gasteiger partial charge in [-0.2, -0.15) is 4.39 Å². The molecule has 1 aliphatic carbocycles. The number of sulfonamides is 1. The summed E-state index contributed by atoms with van der Waals surface area (Å²) >= 11 is 0. The number of pyridine rings is 1. The number of anilines is 2. The Morgan fingerprint density at radius 1 is 0.977 bits per heavy atom. The second-order valence-electron chi connectivity index (χ2n) is 12.9. The van der Waals surface area contributed by atoms with Gasteiger partial charge in [-0.25, -0.2) is 26.5 Å². The summed E-state index contributed by atoms with van der Waals surface area (Å²) in [5.41, 5.74) is 1.19. The first-order valence-corrected chi connectivity index (χ1v) is 16.1. The van der Waals surface area contributed by atoms with Crippen LogP contribution in [0.1, 0.15) is 45.1 Å². The fourth-order valence-corrected chi connectivity index (χ4v) is 8.57. The van der Waals surface area contributed by atoms with Crippen molar-refractivity contribution in [1.82, 2.24) is 9.88 Å². The molecule has 7 nitrogen and oxygen atoms in total. The molecule has 1 unspecified atom stereocenters. The van der Waals surface area contributed by atoms with Gasteiger partial charge in [0, 0.05) is 36.8 Å². The van der Waals surface area contributed by atoms with E-state index in [4.69, 9.17) is 4.74 Å². The van der Waals surface area contributed by atoms with Gasteiger partial charge in [-0.15, -0.1) is 0 Å². The molecule has 3 heterocycles. The second-order valence-corrected chi connectivity index (χ2v) is 14.7. The van der Waals surface area contributed by atoms with Gasteiger partial charge < -0.3 is 9.64 Å². The third-order valence-electron chi connectivity index (χ3n) is 9.49. The van der Waals surface area contributed by atoms with Crippen molar-refractivity contribution in [1.29, 1.82) is 0 Å². The van der Waals surface area contributed by atoms with Crippen molar-refractivity contribution in [2.24, 2.45) is 10.8 Å². The lowest BCUT2D eigenvalue weighted by molar-refractivity contribution is -0.00273. The van der Waals surface area contributed by atoms with E-state index in [1.54, 1.807) is 24.3 Å². The molecule has 230 valence electrons. The SMILES string of the molecule is COc1ccc(CN(c2cccc(F)n2)S(=O)(=O)c2c(F)cc(N3CC[C@@]4(CCC4N4CCC(C)(C)C4)C3)cc2F)cc1. The van der Waals surface area contributed by atoms with Crippen LogP contribution in [0.5, 0.6) is 5.75 Å². The van der Waals surface area contributed by atoms with Crippen molar-refractivity contribution in [3.05, 3.63) is 77.7 Å². The minimum absolute atomic E-state index is 0.0797. The lowest BCUT2D eigenvalue weighted by Crippen LogP contribution is -2.56. The predicted octanol–water partition coefficient (Wildman–Crippen LogP) is 5.99. The summed E-state index contributed by atoms with van der Waals surface area (Å²) < 4.78 is 79.3. The molecule has 1 aromatic heterocycles. The number of likely N-dealkylation sites (tertiary alicyclic amines) is 1. The van der Waals surface area contributed by atoms with Crippen molar-refractivity contribution in [3.8, 4) is 5.75 Å². The molecular weight excluding hydrogens is 577 g/mol. The first kappa shape index (κ1) is 29.7. The molecule has 0 radical (unpaired) electrons. The molecule has 0 bridgehead atoms. The molecule has 3 aliphatic rings. The van der Waals surface area contributed by atoms with Crippen LogP contribution in [0.25, 0.3) is 0 Å². The summed E-state index contributed by atoms with van der Waals surface area (Å²) in [4.78, 5) is 7.18. The Labute approximate surface area is 251 Å². The van der Waals surface area contributed by atoms with Gasteiger partial charge in [0.25, 0.3) is 10.0 Å². The number of hydrogen-bond acceptors (Lipinski definition) is 6. The van der Waals surface area contributed by atoms with E-state index in [-0.39, 0.29) is 17.8 Å². The monoisotopic (exact) mass is 614 g/mol. The molecule has 43 heavy (non-hydrogen) atoms. The Bertz CT molecular complexity index is 1600. The van der Waals surface area contributed by atoms with Crippen LogP contribution in [-0.4, -0.2) is 57.6 Å². The summed E-state index contributed by atoms with van der Waals surface area (Å²) in [6.45, 7) is 7.72. The van der Waals surface area contributed by atoms with E-state index in [0.29, 0.717) is 41.5 Å². The van der Waals surface area contributed by atoms with E-state index in [1.807, 2.05) is 4.90 Å². The third kappa shape index (κ3) is 5.57. The lowest BCUT2D eigenvalue weighted by atomic mass is 9.63. The van der Waals surface area contributed by atoms with Crippen LogP contribution in [0.4, 0.5) is 24.7 Å². The molecule has 2 aromatic carbocycles. The van der Waals surface area contributed by atoms with Crippen molar-refractivity contribution in [2.45, 2.75) is 57.0 Å². The van der Waals surface area contributed by atoms with E-state index in [0.717, 1.165) is 61.3 Å². The number of methoxy groups -OCH3 is 1. The van der Waals surface area contributed by atoms with Gasteiger partial charge >= 0.3 is 0 Å². The van der Waals surface area contributed by atoms with Crippen LogP contribution >= 0.6 is 0 Å². The van der Waals surface area contributed by atoms with E-state index in [2.05, 4.69) is 23.7 Å². The average Bonchev–Trinajstić information content (AvgIpc) is 3.56. The van der Waals surface area contributed by atoms with Crippen LogP contribution in [0.3, 0.4) is 0 Å². The first-order valence-electron chi connectivity index (χ1n) is 14.7. The number of rotatable bonds is 8. The summed E-state index contributed by atoms with van der Waals surface area (Å²) in [7, 11) is -3.34. The minimum Gasteiger partial charge on any atom is -0.497 e. The second kappa shape index (κ2) is 11.0. The molecule has 6 rings (SSSR count). The van der Waals surface area contributed by atoms with Crippen LogP contribution in [0, 0.1) is 28.4 Å². The van der Waals surface area contributed by atoms with Crippen LogP contribution in [-0.2, 0) is 16.6 Å². The van der Waals surface area contributed by atoms with E-state index < -0.39 is 32.5 Å². The Kier molecular flexibility index (Phi) is 7.61. The molecule has 0 N–H and O–H groups in total. The summed E-state index contributed by atoms with van der Waals surface area (Å²) in [5.74, 6) is -3.05. The topological polar surface area (TPSA) is 66.0 Å². The van der Waals surface area contributed by atoms with Gasteiger partial charge in [0.05, 0.1) is 13.7 Å². The van der Waals surface area contributed by atoms with Crippen LogP contribution in [0.2, 0.25) is 0 Å². The van der Waals surface area contributed by atoms with Gasteiger partial charge in [-0.1, -0.05) is 32.0 Å². The average molecular weight is 615 g/mol. The molecule has 11 heteroatoms. The standard InChI is InChI=1S/C32H37F3N4O3S/c1-31(2)13-15-38(20-31)27-11-12-32(27)14-16-37(21-32)23-17-25(33)30(26(34)18-23)43(40,41)39(29-6-4-5-28(35)36-29)19-22-7-9-24(42-3)10-8-22/h4-10,17-18,27H,11-16,19-21H2,1-3H3/t27?,32-/m0/s1. The number of aromatic nitrogens is 1. The van der Waals surface area contributed by atoms with Crippen molar-refractivity contribution in [3.63, 3.8) is 0 Å². The van der Waals surface area contributed by atoms with Crippen LogP contribution < -0.4 is 13.9 Å². The molecule has 3 aromatic rings. The first-order chi connectivity index (χ1) is 20.4. The largest absolute Gasteiger partial charge is 0.497 e. The normalized spacial score (nSPS) is 23.5. The summed E-state index contributed by atoms with van der Waals surface area (Å²) in [6, 6.07) is 12.8. The molecule has 0 amide bonds. The van der Waals surface area contributed by atoms with E-state index >= 15 is 8.78 Å². The van der Waals surface area contributed by atoms with Crippen LogP contribution in [0.15, 0.2) is 59.5 Å². The van der Waals surface area contributed by atoms with Gasteiger partial charge in [0.15, 0.2) is 4.90 Å². The Balaban J connectivity index is 1.28. The Morgan fingerprint density at radius 2 is 1.70 bits per heavy atom. The maximum absolute atomic E-state index is 15.8. The molecule has 1 saturated carbocycles. The Hall–Kier alpha value is -3.31. The number of halogens is 3. The smallest absolute Gasteiger partial charge is 0.271 e. The van der Waals surface area contributed by atoms with Gasteiger partial charge in [-0.3, -0.25) is 4.90 Å². The maximum Gasteiger partial charge on any atom is 0.271 e. The molecule has 2 atom stereocenters. The minimum atomic E-state index is -4.84. The maximum atomic E-state index is 15.8. The number of nitrogens with zero attached hydrogens (tertiary/aromatic N) is 4. The fraction of sp³-hybridized carbons (Fsp3) is 0.469. The zero-order chi connectivity index (χ0) is 30.6. The highest BCUT2D eigenvalue weighted by Crippen LogP contribution is 2.53. The lowest BCUT2D eigenvalue weighted by Gasteiger charge is -2.52. The molecule has 3 fully saturated rings. The van der Waals surface area contributed by atoms with Gasteiger partial charge in [0.1, 0.15) is 23.2 Å². The van der Waals surface area contributed by atoms with Gasteiger partial charge in [0.2, 0.25) is 5.95 Å². The molecular formula is C32H37F3N4O3S. The summed E-state index contributed by atoms with van der Waals surface area (Å²) in [6.07, 6.45) is 4.29. The highest BCUT2D eigenvalue weighted by atomic mass is 32.2. The highest BCUT2D eigenvalue weighted by molar-refractivity contribution is 7.92. The zero-order valence-electron chi connectivity index (χ0n) is 24.7. The van der Waals surface area contributed by atoms with Crippen molar-refractivity contribution in [2.75, 3.05) is 42.5 Å². The van der Waals surface area contributed by atoms with Crippen molar-refractivity contribution >= 4 is 21.5 Å². The third-order valence-corrected chi connectivity index (χ3v) is 11.3.